The van der Waals surface area contributed by atoms with E-state index < -0.39 is 12.0 Å². The summed E-state index contributed by atoms with van der Waals surface area (Å²) < 4.78 is 16.1. The van der Waals surface area contributed by atoms with Gasteiger partial charge in [0, 0.05) is 12.2 Å². The summed E-state index contributed by atoms with van der Waals surface area (Å²) in [7, 11) is 2.78. The van der Waals surface area contributed by atoms with E-state index in [-0.39, 0.29) is 46.3 Å². The van der Waals surface area contributed by atoms with Gasteiger partial charge < -0.3 is 29.7 Å². The Hall–Kier alpha value is -3.95. The molecule has 0 bridgehead atoms. The van der Waals surface area contributed by atoms with Gasteiger partial charge in [-0.2, -0.15) is 0 Å². The number of hydrogen-bond acceptors (Lipinski definition) is 6. The first-order chi connectivity index (χ1) is 19.7. The molecule has 0 spiro atoms. The number of halogens is 2. The van der Waals surface area contributed by atoms with Gasteiger partial charge in [0.05, 0.1) is 48.0 Å². The highest BCUT2D eigenvalue weighted by Gasteiger charge is 2.30. The molecule has 1 heterocycles. The van der Waals surface area contributed by atoms with Crippen LogP contribution in [0.4, 0.5) is 16.2 Å². The van der Waals surface area contributed by atoms with Crippen molar-refractivity contribution in [3.05, 3.63) is 81.3 Å². The number of aryl methyl sites for hydroxylation is 1. The maximum absolute atomic E-state index is 13.3. The summed E-state index contributed by atoms with van der Waals surface area (Å²) in [6.07, 6.45) is 1.76. The summed E-state index contributed by atoms with van der Waals surface area (Å²) >= 11 is 12.6. The molecule has 1 aliphatic heterocycles. The Labute approximate surface area is 248 Å². The first kappa shape index (κ1) is 30.0. The van der Waals surface area contributed by atoms with E-state index >= 15 is 0 Å². The summed E-state index contributed by atoms with van der Waals surface area (Å²) in [4.78, 5) is 39.4. The van der Waals surface area contributed by atoms with Crippen LogP contribution in [0, 0.1) is 6.92 Å². The Morgan fingerprint density at radius 3 is 2.37 bits per heavy atom. The second-order valence-electron chi connectivity index (χ2n) is 9.56. The number of benzene rings is 3. The van der Waals surface area contributed by atoms with Gasteiger partial charge in [-0.3, -0.25) is 4.79 Å². The van der Waals surface area contributed by atoms with Crippen molar-refractivity contribution >= 4 is 52.5 Å². The summed E-state index contributed by atoms with van der Waals surface area (Å²) in [5.41, 5.74) is 3.09. The minimum Gasteiger partial charge on any atom is -0.495 e. The second kappa shape index (κ2) is 13.6. The number of carbonyl (C=O) groups excluding carboxylic acids is 3. The van der Waals surface area contributed by atoms with Crippen LogP contribution in [0.2, 0.25) is 10.0 Å². The lowest BCUT2D eigenvalue weighted by Crippen LogP contribution is -2.40. The van der Waals surface area contributed by atoms with Crippen LogP contribution in [-0.2, 0) is 16.0 Å². The summed E-state index contributed by atoms with van der Waals surface area (Å²) in [5, 5.41) is 5.99. The van der Waals surface area contributed by atoms with E-state index in [0.717, 1.165) is 24.0 Å². The molecular formula is C30H31Cl2N3O6. The zero-order valence-electron chi connectivity index (χ0n) is 23.0. The van der Waals surface area contributed by atoms with Crippen LogP contribution in [0.5, 0.6) is 11.5 Å². The van der Waals surface area contributed by atoms with Crippen molar-refractivity contribution in [3.63, 3.8) is 0 Å². The molecule has 216 valence electrons. The number of nitrogens with one attached hydrogen (secondary N) is 2. The Balaban J connectivity index is 1.37. The lowest BCUT2D eigenvalue weighted by Gasteiger charge is -2.25. The second-order valence-corrected chi connectivity index (χ2v) is 10.4. The van der Waals surface area contributed by atoms with E-state index in [4.69, 9.17) is 37.4 Å². The maximum Gasteiger partial charge on any atom is 0.337 e. The lowest BCUT2D eigenvalue weighted by atomic mass is 10.1. The molecule has 3 amide bonds. The number of nitrogens with zero attached hydrogens (tertiary/aromatic N) is 1. The van der Waals surface area contributed by atoms with Crippen LogP contribution in [0.25, 0.3) is 0 Å². The Kier molecular flexibility index (Phi) is 9.96. The number of carbonyl (C=O) groups is 3. The fourth-order valence-electron chi connectivity index (χ4n) is 4.66. The fraction of sp³-hybridized carbons (Fsp3) is 0.300. The third-order valence-electron chi connectivity index (χ3n) is 6.80. The van der Waals surface area contributed by atoms with Gasteiger partial charge in [-0.15, -0.1) is 0 Å². The number of ether oxygens (including phenoxy) is 3. The van der Waals surface area contributed by atoms with Gasteiger partial charge in [0.2, 0.25) is 5.91 Å². The molecule has 1 saturated heterocycles. The van der Waals surface area contributed by atoms with Gasteiger partial charge in [-0.25, -0.2) is 9.59 Å². The average Bonchev–Trinajstić information content (AvgIpc) is 3.43. The smallest absolute Gasteiger partial charge is 0.337 e. The van der Waals surface area contributed by atoms with Crippen LogP contribution >= 0.6 is 23.2 Å². The zero-order chi connectivity index (χ0) is 29.5. The first-order valence-corrected chi connectivity index (χ1v) is 13.8. The Bertz CT molecular complexity index is 1420. The number of rotatable bonds is 9. The number of likely N-dealkylation sites (tertiary alicyclic amines) is 1. The molecule has 1 unspecified atom stereocenters. The number of hydrogen-bond donors (Lipinski definition) is 2. The first-order valence-electron chi connectivity index (χ1n) is 13.0. The monoisotopic (exact) mass is 599 g/mol. The SMILES string of the molecule is COC(=O)c1cc(Cl)c(OCC2CCCN2C(=O)Cc2ccc(NC(=O)Nc3ccccc3C)c(OC)c2)c(Cl)c1. The average molecular weight is 600 g/mol. The van der Waals surface area contributed by atoms with Gasteiger partial charge in [0.25, 0.3) is 0 Å². The number of urea groups is 1. The minimum atomic E-state index is -0.557. The van der Waals surface area contributed by atoms with E-state index in [1.54, 1.807) is 23.1 Å². The molecule has 2 N–H and O–H groups in total. The number of methoxy groups -OCH3 is 2. The van der Waals surface area contributed by atoms with Gasteiger partial charge in [-0.05, 0) is 61.2 Å². The molecule has 0 aromatic heterocycles. The molecular weight excluding hydrogens is 569 g/mol. The molecule has 0 radical (unpaired) electrons. The summed E-state index contributed by atoms with van der Waals surface area (Å²) in [6, 6.07) is 15.0. The predicted molar refractivity (Wildman–Crippen MR) is 159 cm³/mol. The molecule has 11 heteroatoms. The van der Waals surface area contributed by atoms with Crippen molar-refractivity contribution in [2.75, 3.05) is 38.0 Å². The third-order valence-corrected chi connectivity index (χ3v) is 7.36. The normalized spacial score (nSPS) is 14.4. The van der Waals surface area contributed by atoms with Crippen LogP contribution in [0.15, 0.2) is 54.6 Å². The van der Waals surface area contributed by atoms with Crippen LogP contribution in [0.3, 0.4) is 0 Å². The van der Waals surface area contributed by atoms with Crippen molar-refractivity contribution < 1.29 is 28.6 Å². The Morgan fingerprint density at radius 1 is 0.976 bits per heavy atom. The van der Waals surface area contributed by atoms with Gasteiger partial charge >= 0.3 is 12.0 Å². The molecule has 1 fully saturated rings. The summed E-state index contributed by atoms with van der Waals surface area (Å²) in [5.74, 6) is 0.0732. The van der Waals surface area contributed by atoms with E-state index in [9.17, 15) is 14.4 Å². The highest BCUT2D eigenvalue weighted by Crippen LogP contribution is 2.35. The predicted octanol–water partition coefficient (Wildman–Crippen LogP) is 6.35. The maximum atomic E-state index is 13.3. The minimum absolute atomic E-state index is 0.0607. The van der Waals surface area contributed by atoms with Crippen LogP contribution < -0.4 is 20.1 Å². The molecule has 3 aromatic rings. The number of anilines is 2. The number of amides is 3. The van der Waals surface area contributed by atoms with Gasteiger partial charge in [0.1, 0.15) is 12.4 Å². The fourth-order valence-corrected chi connectivity index (χ4v) is 5.26. The topological polar surface area (TPSA) is 106 Å². The summed E-state index contributed by atoms with van der Waals surface area (Å²) in [6.45, 7) is 2.71. The van der Waals surface area contributed by atoms with Crippen molar-refractivity contribution in [1.29, 1.82) is 0 Å². The van der Waals surface area contributed by atoms with Crippen molar-refractivity contribution in [3.8, 4) is 11.5 Å². The highest BCUT2D eigenvalue weighted by molar-refractivity contribution is 6.37. The largest absolute Gasteiger partial charge is 0.495 e. The molecule has 0 saturated carbocycles. The van der Waals surface area contributed by atoms with Gasteiger partial charge in [-0.1, -0.05) is 47.5 Å². The molecule has 0 aliphatic carbocycles. The molecule has 41 heavy (non-hydrogen) atoms. The number of para-hydroxylation sites is 1. The quantitative estimate of drug-likeness (QED) is 0.277. The van der Waals surface area contributed by atoms with Gasteiger partial charge in [0.15, 0.2) is 5.75 Å². The number of esters is 1. The standard InChI is InChI=1S/C30H31Cl2N3O6/c1-18-7-4-5-9-24(18)33-30(38)34-25-11-10-19(13-26(25)39-2)14-27(36)35-12-6-8-21(35)17-41-28-22(31)15-20(16-23(28)32)29(37)40-3/h4-5,7,9-11,13,15-16,21H,6,8,12,14,17H2,1-3H3,(H2,33,34,38). The van der Waals surface area contributed by atoms with Crippen LogP contribution in [-0.4, -0.2) is 56.2 Å². The van der Waals surface area contributed by atoms with Crippen LogP contribution in [0.1, 0.15) is 34.3 Å². The third kappa shape index (κ3) is 7.42. The van der Waals surface area contributed by atoms with Crippen molar-refractivity contribution in [2.24, 2.45) is 0 Å². The molecule has 1 aliphatic rings. The molecule has 4 rings (SSSR count). The van der Waals surface area contributed by atoms with E-state index in [0.29, 0.717) is 23.7 Å². The molecule has 1 atom stereocenters. The lowest BCUT2D eigenvalue weighted by molar-refractivity contribution is -0.131. The van der Waals surface area contributed by atoms with E-state index in [1.807, 2.05) is 31.2 Å². The van der Waals surface area contributed by atoms with E-state index in [1.165, 1.54) is 26.4 Å². The Morgan fingerprint density at radius 2 is 1.68 bits per heavy atom. The molecule has 9 nitrogen and oxygen atoms in total. The molecule has 3 aromatic carbocycles. The van der Waals surface area contributed by atoms with E-state index in [2.05, 4.69) is 10.6 Å². The zero-order valence-corrected chi connectivity index (χ0v) is 24.5. The van der Waals surface area contributed by atoms with Crippen molar-refractivity contribution in [1.82, 2.24) is 4.90 Å². The van der Waals surface area contributed by atoms with Crippen molar-refractivity contribution in [2.45, 2.75) is 32.2 Å². The highest BCUT2D eigenvalue weighted by atomic mass is 35.5.